The Morgan fingerprint density at radius 1 is 1.78 bits per heavy atom. The van der Waals surface area contributed by atoms with Crippen LogP contribution in [0.2, 0.25) is 0 Å². The van der Waals surface area contributed by atoms with Crippen LogP contribution in [0.25, 0.3) is 0 Å². The van der Waals surface area contributed by atoms with Crippen molar-refractivity contribution in [2.24, 2.45) is 0 Å². The molecule has 0 aliphatic carbocycles. The quantitative estimate of drug-likeness (QED) is 0.844. The van der Waals surface area contributed by atoms with E-state index in [2.05, 4.69) is 10.3 Å². The average molecular weight is 289 g/mol. The summed E-state index contributed by atoms with van der Waals surface area (Å²) in [4.78, 5) is 16.1. The third-order valence-electron chi connectivity index (χ3n) is 2.96. The van der Waals surface area contributed by atoms with Gasteiger partial charge in [0.05, 0.1) is 30.1 Å². The van der Waals surface area contributed by atoms with E-state index in [-0.39, 0.29) is 18.1 Å². The lowest BCUT2D eigenvalue weighted by molar-refractivity contribution is -0.121. The number of alkyl halides is 1. The van der Waals surface area contributed by atoms with Crippen molar-refractivity contribution in [2.75, 3.05) is 6.61 Å². The average Bonchev–Trinajstić information content (AvgIpc) is 2.98. The summed E-state index contributed by atoms with van der Waals surface area (Å²) < 4.78 is 5.54. The minimum atomic E-state index is -0.00604. The van der Waals surface area contributed by atoms with Gasteiger partial charge in [-0.05, 0) is 19.8 Å². The number of thiazole rings is 1. The molecule has 100 valence electrons. The molecule has 0 saturated carbocycles. The van der Waals surface area contributed by atoms with E-state index >= 15 is 0 Å². The normalized spacial score (nSPS) is 20.9. The molecule has 2 rings (SSSR count). The van der Waals surface area contributed by atoms with Crippen molar-refractivity contribution in [3.8, 4) is 0 Å². The number of rotatable bonds is 5. The Morgan fingerprint density at radius 3 is 3.22 bits per heavy atom. The molecule has 4 nitrogen and oxygen atoms in total. The highest BCUT2D eigenvalue weighted by Gasteiger charge is 2.23. The standard InChI is InChI=1S/C12H17ClN2O2S/c1-8(10-3-2-4-17-10)14-11(16)5-12-15-9(6-13)7-18-12/h7-8,10H,2-6H2,1H3,(H,14,16). The van der Waals surface area contributed by atoms with E-state index in [0.717, 1.165) is 30.2 Å². The number of hydrogen-bond donors (Lipinski definition) is 1. The molecule has 2 atom stereocenters. The SMILES string of the molecule is CC(NC(=O)Cc1nc(CCl)cs1)C1CCCO1. The summed E-state index contributed by atoms with van der Waals surface area (Å²) >= 11 is 7.15. The van der Waals surface area contributed by atoms with Crippen LogP contribution in [0.3, 0.4) is 0 Å². The van der Waals surface area contributed by atoms with Crippen molar-refractivity contribution in [1.29, 1.82) is 0 Å². The molecule has 1 fully saturated rings. The number of halogens is 1. The molecule has 2 heterocycles. The maximum absolute atomic E-state index is 11.8. The molecule has 1 aromatic heterocycles. The summed E-state index contributed by atoms with van der Waals surface area (Å²) in [6.07, 6.45) is 2.58. The number of nitrogens with one attached hydrogen (secondary N) is 1. The number of aromatic nitrogens is 1. The first-order chi connectivity index (χ1) is 8.69. The molecule has 1 aliphatic heterocycles. The molecule has 1 saturated heterocycles. The lowest BCUT2D eigenvalue weighted by Gasteiger charge is -2.19. The number of nitrogens with zero attached hydrogens (tertiary/aromatic N) is 1. The number of carbonyl (C=O) groups excluding carboxylic acids is 1. The van der Waals surface area contributed by atoms with Crippen LogP contribution < -0.4 is 5.32 Å². The molecule has 1 aromatic rings. The maximum atomic E-state index is 11.8. The second-order valence-electron chi connectivity index (χ2n) is 4.45. The zero-order chi connectivity index (χ0) is 13.0. The van der Waals surface area contributed by atoms with E-state index in [0.29, 0.717) is 12.3 Å². The van der Waals surface area contributed by atoms with Crippen LogP contribution in [0.1, 0.15) is 30.5 Å². The Hall–Kier alpha value is -0.650. The van der Waals surface area contributed by atoms with E-state index < -0.39 is 0 Å². The van der Waals surface area contributed by atoms with Crippen LogP contribution in [0.15, 0.2) is 5.38 Å². The van der Waals surface area contributed by atoms with Crippen molar-refractivity contribution in [3.05, 3.63) is 16.1 Å². The van der Waals surface area contributed by atoms with Gasteiger partial charge in [0.25, 0.3) is 0 Å². The van der Waals surface area contributed by atoms with Gasteiger partial charge in [-0.1, -0.05) is 0 Å². The van der Waals surface area contributed by atoms with Gasteiger partial charge in [-0.2, -0.15) is 0 Å². The zero-order valence-electron chi connectivity index (χ0n) is 10.3. The molecule has 0 aromatic carbocycles. The summed E-state index contributed by atoms with van der Waals surface area (Å²) in [7, 11) is 0. The van der Waals surface area contributed by atoms with E-state index in [1.165, 1.54) is 11.3 Å². The van der Waals surface area contributed by atoms with Crippen LogP contribution >= 0.6 is 22.9 Å². The highest BCUT2D eigenvalue weighted by atomic mass is 35.5. The number of carbonyl (C=O) groups is 1. The summed E-state index contributed by atoms with van der Waals surface area (Å²) in [6.45, 7) is 2.79. The second kappa shape index (κ2) is 6.50. The Labute approximate surface area is 116 Å². The fraction of sp³-hybridized carbons (Fsp3) is 0.667. The van der Waals surface area contributed by atoms with Gasteiger partial charge in [-0.15, -0.1) is 22.9 Å². The van der Waals surface area contributed by atoms with Gasteiger partial charge in [-0.25, -0.2) is 4.98 Å². The Bertz CT molecular complexity index is 405. The third-order valence-corrected chi connectivity index (χ3v) is 4.13. The van der Waals surface area contributed by atoms with Crippen LogP contribution in [-0.4, -0.2) is 29.6 Å². The van der Waals surface area contributed by atoms with Gasteiger partial charge in [0.15, 0.2) is 0 Å². The number of amides is 1. The van der Waals surface area contributed by atoms with Crippen molar-refractivity contribution in [2.45, 2.75) is 44.2 Å². The molecular weight excluding hydrogens is 272 g/mol. The van der Waals surface area contributed by atoms with Crippen LogP contribution in [-0.2, 0) is 21.8 Å². The topological polar surface area (TPSA) is 51.2 Å². The smallest absolute Gasteiger partial charge is 0.227 e. The number of ether oxygens (including phenoxy) is 1. The van der Waals surface area contributed by atoms with Crippen LogP contribution in [0, 0.1) is 0 Å². The Morgan fingerprint density at radius 2 is 2.61 bits per heavy atom. The first-order valence-electron chi connectivity index (χ1n) is 6.09. The first-order valence-corrected chi connectivity index (χ1v) is 7.50. The lowest BCUT2D eigenvalue weighted by Crippen LogP contribution is -2.41. The van der Waals surface area contributed by atoms with E-state index in [4.69, 9.17) is 16.3 Å². The molecule has 6 heteroatoms. The minimum Gasteiger partial charge on any atom is -0.376 e. The minimum absolute atomic E-state index is 0.00604. The van der Waals surface area contributed by atoms with Gasteiger partial charge in [-0.3, -0.25) is 4.79 Å². The van der Waals surface area contributed by atoms with Crippen LogP contribution in [0.5, 0.6) is 0 Å². The molecule has 0 bridgehead atoms. The molecule has 1 N–H and O–H groups in total. The van der Waals surface area contributed by atoms with Gasteiger partial charge in [0.2, 0.25) is 5.91 Å². The van der Waals surface area contributed by atoms with Crippen molar-refractivity contribution < 1.29 is 9.53 Å². The zero-order valence-corrected chi connectivity index (χ0v) is 11.9. The molecular formula is C12H17ClN2O2S. The molecule has 1 aliphatic rings. The molecule has 18 heavy (non-hydrogen) atoms. The monoisotopic (exact) mass is 288 g/mol. The number of hydrogen-bond acceptors (Lipinski definition) is 4. The molecule has 0 radical (unpaired) electrons. The largest absolute Gasteiger partial charge is 0.376 e. The maximum Gasteiger partial charge on any atom is 0.227 e. The van der Waals surface area contributed by atoms with Gasteiger partial charge < -0.3 is 10.1 Å². The molecule has 1 amide bonds. The molecule has 0 spiro atoms. The predicted molar refractivity (Wildman–Crippen MR) is 72.0 cm³/mol. The van der Waals surface area contributed by atoms with Crippen molar-refractivity contribution in [1.82, 2.24) is 10.3 Å². The van der Waals surface area contributed by atoms with Gasteiger partial charge in [0, 0.05) is 12.0 Å². The second-order valence-corrected chi connectivity index (χ2v) is 5.66. The van der Waals surface area contributed by atoms with Gasteiger partial charge >= 0.3 is 0 Å². The Balaban J connectivity index is 1.80. The summed E-state index contributed by atoms with van der Waals surface area (Å²) in [5.41, 5.74) is 0.830. The Kier molecular flexibility index (Phi) is 4.97. The highest BCUT2D eigenvalue weighted by Crippen LogP contribution is 2.16. The third kappa shape index (κ3) is 3.67. The predicted octanol–water partition coefficient (Wildman–Crippen LogP) is 2.11. The van der Waals surface area contributed by atoms with E-state index in [1.54, 1.807) is 0 Å². The van der Waals surface area contributed by atoms with E-state index in [1.807, 2.05) is 12.3 Å². The van der Waals surface area contributed by atoms with Gasteiger partial charge in [0.1, 0.15) is 5.01 Å². The van der Waals surface area contributed by atoms with Crippen molar-refractivity contribution in [3.63, 3.8) is 0 Å². The summed E-state index contributed by atoms with van der Waals surface area (Å²) in [6, 6.07) is 0.0625. The summed E-state index contributed by atoms with van der Waals surface area (Å²) in [5, 5.41) is 5.66. The lowest BCUT2D eigenvalue weighted by atomic mass is 10.1. The fourth-order valence-corrected chi connectivity index (χ4v) is 3.04. The first kappa shape index (κ1) is 13.8. The molecule has 2 unspecified atom stereocenters. The van der Waals surface area contributed by atoms with Crippen molar-refractivity contribution >= 4 is 28.8 Å². The summed E-state index contributed by atoms with van der Waals surface area (Å²) in [5.74, 6) is 0.387. The van der Waals surface area contributed by atoms with E-state index in [9.17, 15) is 4.79 Å². The van der Waals surface area contributed by atoms with Crippen LogP contribution in [0.4, 0.5) is 0 Å². The highest BCUT2D eigenvalue weighted by molar-refractivity contribution is 7.09. The fourth-order valence-electron chi connectivity index (χ4n) is 2.02.